The predicted molar refractivity (Wildman–Crippen MR) is 84.7 cm³/mol. The molecule has 24 heavy (non-hydrogen) atoms. The number of nitrogens with one attached hydrogen (secondary N) is 1. The second-order valence-electron chi connectivity index (χ2n) is 7.17. The average molecular weight is 357 g/mol. The Kier molecular flexibility index (Phi) is 4.94. The third-order valence-corrected chi connectivity index (χ3v) is 7.09. The first-order valence-corrected chi connectivity index (χ1v) is 10.4. The molecule has 7 nitrogen and oxygen atoms in total. The Balaban J connectivity index is 1.44. The zero-order chi connectivity index (χ0) is 17.3. The number of rotatable bonds is 4. The van der Waals surface area contributed by atoms with Crippen LogP contribution in [0, 0.1) is 17.8 Å². The zero-order valence-corrected chi connectivity index (χ0v) is 14.3. The van der Waals surface area contributed by atoms with Crippen LogP contribution in [0.3, 0.4) is 0 Å². The molecule has 2 saturated carbocycles. The quantitative estimate of drug-likeness (QED) is 0.722. The number of esters is 1. The fourth-order valence-electron chi connectivity index (χ4n) is 4.10. The van der Waals surface area contributed by atoms with Gasteiger partial charge in [-0.1, -0.05) is 6.42 Å². The van der Waals surface area contributed by atoms with Crippen molar-refractivity contribution in [3.05, 3.63) is 0 Å². The lowest BCUT2D eigenvalue weighted by Crippen LogP contribution is -2.41. The molecule has 1 saturated heterocycles. The second kappa shape index (κ2) is 6.82. The molecule has 1 unspecified atom stereocenters. The highest BCUT2D eigenvalue weighted by Crippen LogP contribution is 2.40. The van der Waals surface area contributed by atoms with Gasteiger partial charge < -0.3 is 10.1 Å². The lowest BCUT2D eigenvalue weighted by Gasteiger charge is -2.36. The van der Waals surface area contributed by atoms with Crippen molar-refractivity contribution in [1.82, 2.24) is 5.32 Å². The van der Waals surface area contributed by atoms with Gasteiger partial charge in [0.05, 0.1) is 17.4 Å². The lowest BCUT2D eigenvalue weighted by atomic mass is 9.67. The molecule has 0 radical (unpaired) electrons. The first kappa shape index (κ1) is 17.4. The van der Waals surface area contributed by atoms with Crippen molar-refractivity contribution in [1.29, 1.82) is 0 Å². The molecule has 1 aliphatic heterocycles. The van der Waals surface area contributed by atoms with Crippen molar-refractivity contribution in [2.75, 3.05) is 18.1 Å². The number of hydrogen-bond donors (Lipinski definition) is 1. The van der Waals surface area contributed by atoms with E-state index in [0.717, 1.165) is 19.3 Å². The van der Waals surface area contributed by atoms with E-state index in [1.807, 2.05) is 0 Å². The van der Waals surface area contributed by atoms with Gasteiger partial charge in [-0.2, -0.15) is 0 Å². The number of amides is 1. The molecule has 1 N–H and O–H groups in total. The van der Waals surface area contributed by atoms with Gasteiger partial charge in [-0.15, -0.1) is 0 Å². The summed E-state index contributed by atoms with van der Waals surface area (Å²) in [6.45, 7) is -0.394. The van der Waals surface area contributed by atoms with Crippen molar-refractivity contribution in [2.24, 2.45) is 17.8 Å². The van der Waals surface area contributed by atoms with E-state index in [-0.39, 0.29) is 35.0 Å². The third-order valence-electron chi connectivity index (χ3n) is 5.32. The van der Waals surface area contributed by atoms with Crippen LogP contribution in [0.25, 0.3) is 0 Å². The zero-order valence-electron chi connectivity index (χ0n) is 13.5. The molecule has 0 spiro atoms. The van der Waals surface area contributed by atoms with Gasteiger partial charge in [-0.05, 0) is 32.1 Å². The maximum Gasteiger partial charge on any atom is 0.309 e. The maximum absolute atomic E-state index is 12.2. The number of carbonyl (C=O) groups is 3. The number of sulfone groups is 1. The van der Waals surface area contributed by atoms with E-state index >= 15 is 0 Å². The topological polar surface area (TPSA) is 107 Å². The lowest BCUT2D eigenvalue weighted by molar-refractivity contribution is -0.156. The number of ketones is 1. The van der Waals surface area contributed by atoms with E-state index in [2.05, 4.69) is 5.32 Å². The van der Waals surface area contributed by atoms with Crippen LogP contribution in [0.2, 0.25) is 0 Å². The molecule has 1 amide bonds. The standard InChI is InChI=1S/C16H23NO6S/c18-14(17-13-4-5-24(21,22)9-13)8-23-16(20)12-6-10-2-1-3-11(7-12)15(10)19/h10-13H,1-9H2,(H,17,18)/t10-,11+,12?,13-/m0/s1. The minimum absolute atomic E-state index is 0.0347. The molecule has 3 fully saturated rings. The summed E-state index contributed by atoms with van der Waals surface area (Å²) >= 11 is 0. The summed E-state index contributed by atoms with van der Waals surface area (Å²) in [4.78, 5) is 36.0. The molecule has 4 atom stereocenters. The van der Waals surface area contributed by atoms with Crippen LogP contribution in [-0.4, -0.2) is 50.2 Å². The van der Waals surface area contributed by atoms with Crippen LogP contribution < -0.4 is 5.32 Å². The average Bonchev–Trinajstić information content (AvgIpc) is 2.83. The molecule has 3 rings (SSSR count). The van der Waals surface area contributed by atoms with Gasteiger partial charge in [0.25, 0.3) is 5.91 Å². The van der Waals surface area contributed by atoms with Crippen LogP contribution in [0.15, 0.2) is 0 Å². The summed E-state index contributed by atoms with van der Waals surface area (Å²) in [7, 11) is -3.06. The highest BCUT2D eigenvalue weighted by Gasteiger charge is 2.42. The Morgan fingerprint density at radius 2 is 1.79 bits per heavy atom. The smallest absolute Gasteiger partial charge is 0.309 e. The Morgan fingerprint density at radius 3 is 2.38 bits per heavy atom. The van der Waals surface area contributed by atoms with E-state index in [4.69, 9.17) is 4.74 Å². The first-order valence-electron chi connectivity index (χ1n) is 8.54. The SMILES string of the molecule is O=C(COC(=O)C1C[C@H]2CCC[C@@H](C1)C2=O)N[C@H]1CCS(=O)(=O)C1. The molecular weight excluding hydrogens is 334 g/mol. The van der Waals surface area contributed by atoms with Crippen molar-refractivity contribution < 1.29 is 27.5 Å². The fourth-order valence-corrected chi connectivity index (χ4v) is 5.78. The normalized spacial score (nSPS) is 34.6. The summed E-state index contributed by atoms with van der Waals surface area (Å²) in [5.41, 5.74) is 0. The van der Waals surface area contributed by atoms with Gasteiger partial charge in [0.1, 0.15) is 5.78 Å². The van der Waals surface area contributed by atoms with Gasteiger partial charge in [-0.25, -0.2) is 8.42 Å². The molecule has 3 aliphatic rings. The summed E-state index contributed by atoms with van der Waals surface area (Å²) in [6, 6.07) is -0.395. The number of Topliss-reactive ketones (excluding diaryl/α,β-unsaturated/α-hetero) is 1. The third kappa shape index (κ3) is 3.96. The van der Waals surface area contributed by atoms with E-state index < -0.39 is 34.4 Å². The van der Waals surface area contributed by atoms with E-state index in [1.165, 1.54) is 0 Å². The van der Waals surface area contributed by atoms with Gasteiger partial charge >= 0.3 is 5.97 Å². The maximum atomic E-state index is 12.2. The number of carbonyl (C=O) groups excluding carboxylic acids is 3. The van der Waals surface area contributed by atoms with Gasteiger partial charge in [0, 0.05) is 17.9 Å². The number of fused-ring (bicyclic) bond motifs is 2. The molecule has 2 bridgehead atoms. The van der Waals surface area contributed by atoms with E-state index in [9.17, 15) is 22.8 Å². The highest BCUT2D eigenvalue weighted by atomic mass is 32.2. The second-order valence-corrected chi connectivity index (χ2v) is 9.40. The minimum Gasteiger partial charge on any atom is -0.455 e. The molecule has 0 aromatic heterocycles. The van der Waals surface area contributed by atoms with Gasteiger partial charge in [0.2, 0.25) is 0 Å². The van der Waals surface area contributed by atoms with Crippen LogP contribution in [0.1, 0.15) is 38.5 Å². The molecule has 1 heterocycles. The molecule has 134 valence electrons. The monoisotopic (exact) mass is 357 g/mol. The molecule has 2 aliphatic carbocycles. The summed E-state index contributed by atoms with van der Waals surface area (Å²) in [6.07, 6.45) is 4.17. The molecule has 8 heteroatoms. The van der Waals surface area contributed by atoms with E-state index in [0.29, 0.717) is 19.3 Å². The van der Waals surface area contributed by atoms with Crippen LogP contribution in [0.4, 0.5) is 0 Å². The van der Waals surface area contributed by atoms with Crippen LogP contribution in [0.5, 0.6) is 0 Å². The highest BCUT2D eigenvalue weighted by molar-refractivity contribution is 7.91. The Morgan fingerprint density at radius 1 is 1.12 bits per heavy atom. The van der Waals surface area contributed by atoms with E-state index in [1.54, 1.807) is 0 Å². The molecule has 0 aromatic rings. The van der Waals surface area contributed by atoms with Gasteiger partial charge in [0.15, 0.2) is 16.4 Å². The Bertz CT molecular complexity index is 627. The molecule has 0 aromatic carbocycles. The van der Waals surface area contributed by atoms with Crippen molar-refractivity contribution >= 4 is 27.5 Å². The summed E-state index contributed by atoms with van der Waals surface area (Å²) in [5.74, 6) is -0.966. The largest absolute Gasteiger partial charge is 0.455 e. The summed E-state index contributed by atoms with van der Waals surface area (Å²) in [5, 5.41) is 2.59. The summed E-state index contributed by atoms with van der Waals surface area (Å²) < 4.78 is 27.8. The Labute approximate surface area is 141 Å². The van der Waals surface area contributed by atoms with Gasteiger partial charge in [-0.3, -0.25) is 14.4 Å². The number of ether oxygens (including phenoxy) is 1. The fraction of sp³-hybridized carbons (Fsp3) is 0.812. The van der Waals surface area contributed by atoms with Crippen molar-refractivity contribution in [2.45, 2.75) is 44.6 Å². The Hall–Kier alpha value is -1.44. The van der Waals surface area contributed by atoms with Crippen LogP contribution in [-0.2, 0) is 29.0 Å². The van der Waals surface area contributed by atoms with Crippen molar-refractivity contribution in [3.8, 4) is 0 Å². The van der Waals surface area contributed by atoms with Crippen LogP contribution >= 0.6 is 0 Å². The predicted octanol–water partition coefficient (Wildman–Crippen LogP) is 0.228. The minimum atomic E-state index is -3.06. The molecular formula is C16H23NO6S. The first-order chi connectivity index (χ1) is 11.3. The number of hydrogen-bond acceptors (Lipinski definition) is 6. The van der Waals surface area contributed by atoms with Crippen molar-refractivity contribution in [3.63, 3.8) is 0 Å².